The molecular weight excluding hydrogens is 364 g/mol. The highest BCUT2D eigenvalue weighted by Gasteiger charge is 2.13. The van der Waals surface area contributed by atoms with Gasteiger partial charge in [0.15, 0.2) is 17.0 Å². The van der Waals surface area contributed by atoms with E-state index < -0.39 is 0 Å². The van der Waals surface area contributed by atoms with E-state index in [1.165, 1.54) is 24.7 Å². The monoisotopic (exact) mass is 394 g/mol. The molecular formula is C22H30N6O. The van der Waals surface area contributed by atoms with Gasteiger partial charge in [0.2, 0.25) is 0 Å². The number of nitrogens with zero attached hydrogens (tertiary/aromatic N) is 4. The number of unbranched alkanes of at least 4 members (excludes halogenated alkanes) is 3. The minimum absolute atomic E-state index is 0.269. The van der Waals surface area contributed by atoms with E-state index in [0.717, 1.165) is 24.9 Å². The Morgan fingerprint density at radius 2 is 1.86 bits per heavy atom. The van der Waals surface area contributed by atoms with Crippen molar-refractivity contribution in [2.45, 2.75) is 58.8 Å². The fraction of sp³-hybridized carbons (Fsp3) is 0.455. The van der Waals surface area contributed by atoms with Crippen LogP contribution in [0.25, 0.3) is 16.9 Å². The Kier molecular flexibility index (Phi) is 7.16. The predicted octanol–water partition coefficient (Wildman–Crippen LogP) is 5.03. The van der Waals surface area contributed by atoms with Gasteiger partial charge in [-0.15, -0.1) is 0 Å². The smallest absolute Gasteiger partial charge is 0.320 e. The first-order valence-corrected chi connectivity index (χ1v) is 10.5. The van der Waals surface area contributed by atoms with E-state index in [1.807, 2.05) is 4.57 Å². The third-order valence-corrected chi connectivity index (χ3v) is 5.23. The maximum Gasteiger partial charge on any atom is 0.320 e. The summed E-state index contributed by atoms with van der Waals surface area (Å²) >= 11 is 0. The molecule has 7 heteroatoms. The molecule has 0 fully saturated rings. The molecule has 1 atom stereocenters. The molecule has 7 nitrogen and oxygen atoms in total. The number of aromatic nitrogens is 4. The number of nitrogens with one attached hydrogen (secondary N) is 2. The van der Waals surface area contributed by atoms with E-state index in [-0.39, 0.29) is 6.03 Å². The van der Waals surface area contributed by atoms with Crippen molar-refractivity contribution in [3.8, 4) is 5.69 Å². The van der Waals surface area contributed by atoms with Crippen LogP contribution in [-0.4, -0.2) is 32.1 Å². The van der Waals surface area contributed by atoms with Crippen molar-refractivity contribution in [3.05, 3.63) is 42.5 Å². The minimum atomic E-state index is -0.269. The number of amides is 2. The third kappa shape index (κ3) is 5.10. The number of hydrogen-bond donors (Lipinski definition) is 2. The molecule has 0 saturated heterocycles. The highest BCUT2D eigenvalue weighted by Crippen LogP contribution is 2.23. The lowest BCUT2D eigenvalue weighted by Crippen LogP contribution is -2.30. The number of anilines is 1. The van der Waals surface area contributed by atoms with Crippen molar-refractivity contribution in [3.63, 3.8) is 0 Å². The molecule has 2 aromatic heterocycles. The summed E-state index contributed by atoms with van der Waals surface area (Å²) < 4.78 is 1.91. The van der Waals surface area contributed by atoms with Crippen LogP contribution >= 0.6 is 0 Å². The van der Waals surface area contributed by atoms with Crippen molar-refractivity contribution in [2.75, 3.05) is 11.9 Å². The van der Waals surface area contributed by atoms with Gasteiger partial charge in [-0.2, -0.15) is 0 Å². The van der Waals surface area contributed by atoms with Gasteiger partial charge in [-0.3, -0.25) is 9.88 Å². The van der Waals surface area contributed by atoms with Crippen LogP contribution < -0.4 is 10.6 Å². The minimum Gasteiger partial charge on any atom is -0.338 e. The summed E-state index contributed by atoms with van der Waals surface area (Å²) in [5.41, 5.74) is 3.52. The predicted molar refractivity (Wildman–Crippen MR) is 117 cm³/mol. The van der Waals surface area contributed by atoms with Crippen molar-refractivity contribution in [1.29, 1.82) is 0 Å². The number of imidazole rings is 1. The molecule has 0 aliphatic heterocycles. The van der Waals surface area contributed by atoms with E-state index in [2.05, 4.69) is 70.6 Å². The Hall–Kier alpha value is -2.96. The highest BCUT2D eigenvalue weighted by molar-refractivity contribution is 5.96. The summed E-state index contributed by atoms with van der Waals surface area (Å²) in [4.78, 5) is 25.2. The average Bonchev–Trinajstić information content (AvgIpc) is 3.18. The van der Waals surface area contributed by atoms with E-state index >= 15 is 0 Å². The number of benzene rings is 1. The van der Waals surface area contributed by atoms with Gasteiger partial charge in [0.05, 0.1) is 0 Å². The summed E-state index contributed by atoms with van der Waals surface area (Å²) in [6.45, 7) is 7.23. The SMILES string of the molecule is CCCCCCNC(=O)Nc1ncnc2c1ncn2-c1ccc(C(C)CC)cc1. The summed E-state index contributed by atoms with van der Waals surface area (Å²) in [5, 5.41) is 5.67. The Bertz CT molecular complexity index is 934. The third-order valence-electron chi connectivity index (χ3n) is 5.23. The molecule has 1 unspecified atom stereocenters. The van der Waals surface area contributed by atoms with Gasteiger partial charge in [0, 0.05) is 12.2 Å². The Morgan fingerprint density at radius 3 is 2.59 bits per heavy atom. The van der Waals surface area contributed by atoms with Crippen LogP contribution in [0.5, 0.6) is 0 Å². The Morgan fingerprint density at radius 1 is 1.07 bits per heavy atom. The Balaban J connectivity index is 1.72. The van der Waals surface area contributed by atoms with Gasteiger partial charge in [-0.1, -0.05) is 52.2 Å². The lowest BCUT2D eigenvalue weighted by molar-refractivity contribution is 0.252. The number of urea groups is 1. The van der Waals surface area contributed by atoms with Crippen LogP contribution in [0, 0.1) is 0 Å². The van der Waals surface area contributed by atoms with Gasteiger partial charge in [-0.05, 0) is 36.5 Å². The normalized spacial score (nSPS) is 12.1. The zero-order valence-corrected chi connectivity index (χ0v) is 17.5. The molecule has 3 aromatic rings. The van der Waals surface area contributed by atoms with E-state index in [4.69, 9.17) is 0 Å². The van der Waals surface area contributed by atoms with Crippen LogP contribution in [0.1, 0.15) is 64.4 Å². The van der Waals surface area contributed by atoms with Crippen molar-refractivity contribution >= 4 is 23.0 Å². The molecule has 154 valence electrons. The van der Waals surface area contributed by atoms with Gasteiger partial charge in [0.25, 0.3) is 0 Å². The summed E-state index contributed by atoms with van der Waals surface area (Å²) in [7, 11) is 0. The summed E-state index contributed by atoms with van der Waals surface area (Å²) in [6.07, 6.45) is 8.73. The first kappa shape index (κ1) is 20.8. The standard InChI is InChI=1S/C22H30N6O/c1-4-6-7-8-13-23-22(29)27-20-19-21(25-14-24-20)28(15-26-19)18-11-9-17(10-12-18)16(3)5-2/h9-12,14-16H,4-8,13H2,1-3H3,(H2,23,24,25,27,29). The zero-order chi connectivity index (χ0) is 20.6. The summed E-state index contributed by atoms with van der Waals surface area (Å²) in [5.74, 6) is 0.943. The average molecular weight is 395 g/mol. The number of carbonyl (C=O) groups excluding carboxylic acids is 1. The lowest BCUT2D eigenvalue weighted by Gasteiger charge is -2.10. The molecule has 2 amide bonds. The van der Waals surface area contributed by atoms with Crippen LogP contribution in [0.15, 0.2) is 36.9 Å². The quantitative estimate of drug-likeness (QED) is 0.498. The fourth-order valence-electron chi connectivity index (χ4n) is 3.22. The maximum absolute atomic E-state index is 12.2. The fourth-order valence-corrected chi connectivity index (χ4v) is 3.22. The van der Waals surface area contributed by atoms with Crippen LogP contribution in [-0.2, 0) is 0 Å². The van der Waals surface area contributed by atoms with E-state index in [1.54, 1.807) is 6.33 Å². The van der Waals surface area contributed by atoms with Gasteiger partial charge in [-0.25, -0.2) is 19.7 Å². The van der Waals surface area contributed by atoms with Gasteiger partial charge in [0.1, 0.15) is 12.7 Å². The second kappa shape index (κ2) is 10.0. The van der Waals surface area contributed by atoms with Crippen LogP contribution in [0.3, 0.4) is 0 Å². The molecule has 0 radical (unpaired) electrons. The maximum atomic E-state index is 12.2. The first-order chi connectivity index (χ1) is 14.1. The molecule has 0 aliphatic rings. The molecule has 1 aromatic carbocycles. The van der Waals surface area contributed by atoms with Crippen molar-refractivity contribution in [1.82, 2.24) is 24.8 Å². The molecule has 2 N–H and O–H groups in total. The topological polar surface area (TPSA) is 84.7 Å². The van der Waals surface area contributed by atoms with Gasteiger partial charge < -0.3 is 5.32 Å². The molecule has 0 spiro atoms. The van der Waals surface area contributed by atoms with Crippen LogP contribution in [0.2, 0.25) is 0 Å². The number of carbonyl (C=O) groups is 1. The zero-order valence-electron chi connectivity index (χ0n) is 17.5. The van der Waals surface area contributed by atoms with Gasteiger partial charge >= 0.3 is 6.03 Å². The van der Waals surface area contributed by atoms with Crippen molar-refractivity contribution in [2.24, 2.45) is 0 Å². The molecule has 3 rings (SSSR count). The van der Waals surface area contributed by atoms with E-state index in [9.17, 15) is 4.79 Å². The second-order valence-electron chi connectivity index (χ2n) is 7.35. The molecule has 0 bridgehead atoms. The molecule has 0 aliphatic carbocycles. The molecule has 2 heterocycles. The van der Waals surface area contributed by atoms with E-state index in [0.29, 0.717) is 29.4 Å². The Labute approximate surface area is 172 Å². The molecule has 29 heavy (non-hydrogen) atoms. The number of fused-ring (bicyclic) bond motifs is 1. The lowest BCUT2D eigenvalue weighted by atomic mass is 9.99. The molecule has 0 saturated carbocycles. The van der Waals surface area contributed by atoms with Crippen LogP contribution in [0.4, 0.5) is 10.6 Å². The first-order valence-electron chi connectivity index (χ1n) is 10.5. The number of hydrogen-bond acceptors (Lipinski definition) is 4. The van der Waals surface area contributed by atoms with Crippen molar-refractivity contribution < 1.29 is 4.79 Å². The largest absolute Gasteiger partial charge is 0.338 e. The number of rotatable bonds is 9. The summed E-state index contributed by atoms with van der Waals surface area (Å²) in [6, 6.07) is 8.15. The highest BCUT2D eigenvalue weighted by atomic mass is 16.2. The second-order valence-corrected chi connectivity index (χ2v) is 7.35.